The first kappa shape index (κ1) is 6.18. The second kappa shape index (κ2) is 3.37. The van der Waals surface area contributed by atoms with Crippen molar-refractivity contribution in [1.82, 2.24) is 4.98 Å². The van der Waals surface area contributed by atoms with Gasteiger partial charge < -0.3 is 4.98 Å². The molecule has 0 aromatic heterocycles. The van der Waals surface area contributed by atoms with E-state index in [9.17, 15) is 0 Å². The van der Waals surface area contributed by atoms with Gasteiger partial charge in [0.1, 0.15) is 8.96 Å². The van der Waals surface area contributed by atoms with Gasteiger partial charge in [-0.25, -0.2) is 0 Å². The third-order valence-corrected chi connectivity index (χ3v) is 3.32. The summed E-state index contributed by atoms with van der Waals surface area (Å²) in [6.45, 7) is 4.54. The van der Waals surface area contributed by atoms with Crippen LogP contribution in [0.3, 0.4) is 0 Å². The zero-order valence-electron chi connectivity index (χ0n) is 4.78. The minimum absolute atomic E-state index is 0.410. The highest BCUT2D eigenvalue weighted by Crippen LogP contribution is 1.79. The predicted octanol–water partition coefficient (Wildman–Crippen LogP) is 0.579. The number of rotatable bonds is 2. The Morgan fingerprint density at radius 2 is 2.17 bits per heavy atom. The summed E-state index contributed by atoms with van der Waals surface area (Å²) >= 11 is 0. The standard InChI is InChI=1S/C4H13NSi/c1-4-6(3)5-2/h5-6H,4H2,1-3H3. The fourth-order valence-corrected chi connectivity index (χ4v) is 0.612. The van der Waals surface area contributed by atoms with Crippen molar-refractivity contribution in [2.75, 3.05) is 7.05 Å². The molecule has 1 N–H and O–H groups in total. The molecule has 0 aliphatic heterocycles. The molecule has 0 aliphatic rings. The van der Waals surface area contributed by atoms with Crippen molar-refractivity contribution >= 4 is 8.96 Å². The van der Waals surface area contributed by atoms with E-state index in [4.69, 9.17) is 0 Å². The molecule has 0 aromatic rings. The van der Waals surface area contributed by atoms with Crippen LogP contribution in [0.15, 0.2) is 0 Å². The summed E-state index contributed by atoms with van der Waals surface area (Å²) in [6, 6.07) is 1.36. The number of hydrogen-bond donors (Lipinski definition) is 1. The van der Waals surface area contributed by atoms with Gasteiger partial charge in [-0.15, -0.1) is 0 Å². The molecular weight excluding hydrogens is 90.1 g/mol. The van der Waals surface area contributed by atoms with Crippen LogP contribution in [0.25, 0.3) is 0 Å². The monoisotopic (exact) mass is 103 g/mol. The normalized spacial score (nSPS) is 14.5. The molecule has 2 heteroatoms. The topological polar surface area (TPSA) is 12.0 Å². The lowest BCUT2D eigenvalue weighted by molar-refractivity contribution is 1.17. The Hall–Kier alpha value is 0.177. The van der Waals surface area contributed by atoms with E-state index in [1.54, 1.807) is 0 Å². The predicted molar refractivity (Wildman–Crippen MR) is 32.6 cm³/mol. The largest absolute Gasteiger partial charge is 0.342 e. The zero-order chi connectivity index (χ0) is 4.99. The SMILES string of the molecule is CC[SiH](C)NC. The van der Waals surface area contributed by atoms with Crippen molar-refractivity contribution in [3.63, 3.8) is 0 Å². The van der Waals surface area contributed by atoms with E-state index < -0.39 is 8.96 Å². The summed E-state index contributed by atoms with van der Waals surface area (Å²) in [5, 5.41) is 0. The molecule has 0 aromatic carbocycles. The van der Waals surface area contributed by atoms with E-state index in [1.165, 1.54) is 6.04 Å². The second-order valence-electron chi connectivity index (χ2n) is 1.60. The van der Waals surface area contributed by atoms with Crippen LogP contribution in [-0.2, 0) is 0 Å². The molecule has 38 valence electrons. The Kier molecular flexibility index (Phi) is 3.47. The van der Waals surface area contributed by atoms with Gasteiger partial charge >= 0.3 is 0 Å². The van der Waals surface area contributed by atoms with E-state index in [0.29, 0.717) is 0 Å². The summed E-state index contributed by atoms with van der Waals surface area (Å²) in [7, 11) is 1.63. The van der Waals surface area contributed by atoms with Crippen LogP contribution >= 0.6 is 0 Å². The Labute approximate surface area is 41.4 Å². The average molecular weight is 103 g/mol. The van der Waals surface area contributed by atoms with Crippen molar-refractivity contribution in [3.8, 4) is 0 Å². The van der Waals surface area contributed by atoms with Crippen molar-refractivity contribution in [3.05, 3.63) is 0 Å². The molecule has 1 atom stereocenters. The van der Waals surface area contributed by atoms with E-state index in [1.807, 2.05) is 7.05 Å². The fourth-order valence-electron chi connectivity index (χ4n) is 0.204. The lowest BCUT2D eigenvalue weighted by atomic mass is 11.0. The third kappa shape index (κ3) is 2.42. The maximum Gasteiger partial charge on any atom is 0.105 e. The van der Waals surface area contributed by atoms with Gasteiger partial charge in [0.25, 0.3) is 0 Å². The van der Waals surface area contributed by atoms with Crippen molar-refractivity contribution in [2.24, 2.45) is 0 Å². The van der Waals surface area contributed by atoms with Gasteiger partial charge in [0.15, 0.2) is 0 Å². The van der Waals surface area contributed by atoms with Crippen LogP contribution in [-0.4, -0.2) is 16.0 Å². The summed E-state index contributed by atoms with van der Waals surface area (Å²) in [5.74, 6) is 0. The molecule has 0 spiro atoms. The molecule has 0 heterocycles. The molecular formula is C4H13NSi. The smallest absolute Gasteiger partial charge is 0.105 e. The molecule has 0 saturated carbocycles. The molecule has 6 heavy (non-hydrogen) atoms. The number of hydrogen-bond acceptors (Lipinski definition) is 1. The van der Waals surface area contributed by atoms with Gasteiger partial charge in [0.05, 0.1) is 0 Å². The highest BCUT2D eigenvalue weighted by atomic mass is 28.3. The average Bonchev–Trinajstić information content (AvgIpc) is 1.65. The van der Waals surface area contributed by atoms with Crippen LogP contribution in [0.4, 0.5) is 0 Å². The molecule has 0 amide bonds. The third-order valence-electron chi connectivity index (χ3n) is 1.11. The van der Waals surface area contributed by atoms with Gasteiger partial charge in [-0.05, 0) is 7.05 Å². The summed E-state index contributed by atoms with van der Waals surface area (Å²) in [4.78, 5) is 3.25. The zero-order valence-corrected chi connectivity index (χ0v) is 5.94. The minimum Gasteiger partial charge on any atom is -0.342 e. The molecule has 0 saturated heterocycles. The first-order valence-electron chi connectivity index (χ1n) is 2.48. The van der Waals surface area contributed by atoms with Gasteiger partial charge in [-0.1, -0.05) is 19.5 Å². The van der Waals surface area contributed by atoms with E-state index in [-0.39, 0.29) is 0 Å². The second-order valence-corrected chi connectivity index (χ2v) is 4.79. The van der Waals surface area contributed by atoms with Crippen LogP contribution in [0.2, 0.25) is 12.6 Å². The van der Waals surface area contributed by atoms with Gasteiger partial charge in [0, 0.05) is 0 Å². The maximum absolute atomic E-state index is 3.25. The minimum atomic E-state index is -0.410. The molecule has 0 bridgehead atoms. The highest BCUT2D eigenvalue weighted by Gasteiger charge is 1.90. The molecule has 0 fully saturated rings. The Bertz CT molecular complexity index is 26.7. The summed E-state index contributed by atoms with van der Waals surface area (Å²) in [6.07, 6.45) is 0. The van der Waals surface area contributed by atoms with E-state index in [0.717, 1.165) is 0 Å². The lowest BCUT2D eigenvalue weighted by Crippen LogP contribution is -2.24. The van der Waals surface area contributed by atoms with E-state index in [2.05, 4.69) is 18.5 Å². The van der Waals surface area contributed by atoms with Crippen LogP contribution in [0, 0.1) is 0 Å². The van der Waals surface area contributed by atoms with Crippen molar-refractivity contribution in [2.45, 2.75) is 19.5 Å². The summed E-state index contributed by atoms with van der Waals surface area (Å²) < 4.78 is 0. The van der Waals surface area contributed by atoms with Gasteiger partial charge in [-0.3, -0.25) is 0 Å². The molecule has 0 radical (unpaired) electrons. The molecule has 1 nitrogen and oxygen atoms in total. The van der Waals surface area contributed by atoms with Crippen LogP contribution < -0.4 is 4.98 Å². The van der Waals surface area contributed by atoms with Gasteiger partial charge in [-0.2, -0.15) is 0 Å². The Morgan fingerprint density at radius 1 is 1.67 bits per heavy atom. The quantitative estimate of drug-likeness (QED) is 0.504. The fraction of sp³-hybridized carbons (Fsp3) is 1.00. The molecule has 1 unspecified atom stereocenters. The first-order chi connectivity index (χ1) is 2.81. The van der Waals surface area contributed by atoms with Crippen molar-refractivity contribution in [1.29, 1.82) is 0 Å². The van der Waals surface area contributed by atoms with Crippen LogP contribution in [0.5, 0.6) is 0 Å². The maximum atomic E-state index is 3.25. The number of nitrogens with one attached hydrogen (secondary N) is 1. The highest BCUT2D eigenvalue weighted by molar-refractivity contribution is 6.54. The summed E-state index contributed by atoms with van der Waals surface area (Å²) in [5.41, 5.74) is 0. The van der Waals surface area contributed by atoms with Crippen LogP contribution in [0.1, 0.15) is 6.92 Å². The van der Waals surface area contributed by atoms with Gasteiger partial charge in [0.2, 0.25) is 0 Å². The molecule has 0 rings (SSSR count). The first-order valence-corrected chi connectivity index (χ1v) is 5.03. The van der Waals surface area contributed by atoms with Crippen molar-refractivity contribution < 1.29 is 0 Å². The lowest BCUT2D eigenvalue weighted by Gasteiger charge is -1.99. The Balaban J connectivity index is 2.75. The van der Waals surface area contributed by atoms with E-state index >= 15 is 0 Å². The molecule has 0 aliphatic carbocycles. The Morgan fingerprint density at radius 3 is 2.17 bits per heavy atom.